The second kappa shape index (κ2) is 2.90. The minimum atomic E-state index is 1.02. The van der Waals surface area contributed by atoms with Gasteiger partial charge in [-0.2, -0.15) is 0 Å². The van der Waals surface area contributed by atoms with Gasteiger partial charge in [0, 0.05) is 4.43 Å². The molecule has 0 N–H and O–H groups in total. The van der Waals surface area contributed by atoms with Crippen molar-refractivity contribution in [3.05, 3.63) is 0 Å². The van der Waals surface area contributed by atoms with Gasteiger partial charge in [-0.15, -0.1) is 0 Å². The van der Waals surface area contributed by atoms with Crippen LogP contribution in [0.3, 0.4) is 0 Å². The van der Waals surface area contributed by atoms with Crippen molar-refractivity contribution in [2.75, 3.05) is 4.43 Å². The minimum Gasteiger partial charge on any atom is -0.0861 e. The van der Waals surface area contributed by atoms with Crippen LogP contribution < -0.4 is 0 Å². The number of fused-ring (bicyclic) bond motifs is 2. The summed E-state index contributed by atoms with van der Waals surface area (Å²) in [4.78, 5) is 0. The van der Waals surface area contributed by atoms with Gasteiger partial charge in [-0.05, 0) is 42.4 Å². The molecule has 64 valence electrons. The van der Waals surface area contributed by atoms with Gasteiger partial charge in [0.1, 0.15) is 0 Å². The van der Waals surface area contributed by atoms with Crippen molar-refractivity contribution in [1.82, 2.24) is 0 Å². The number of rotatable bonds is 1. The first-order valence-electron chi connectivity index (χ1n) is 4.80. The molecule has 0 nitrogen and oxygen atoms in total. The summed E-state index contributed by atoms with van der Waals surface area (Å²) in [6, 6.07) is 0. The molecule has 1 heteroatoms. The molecule has 0 aliphatic heterocycles. The summed E-state index contributed by atoms with van der Waals surface area (Å²) in [5.41, 5.74) is 0. The van der Waals surface area contributed by atoms with Gasteiger partial charge in [0.2, 0.25) is 0 Å². The molecule has 5 unspecified atom stereocenters. The first-order chi connectivity index (χ1) is 5.24. The molecule has 0 amide bonds. The average molecular weight is 264 g/mol. The molecule has 0 saturated heterocycles. The Morgan fingerprint density at radius 2 is 1.91 bits per heavy atom. The smallest absolute Gasteiger partial charge is 0.00265 e. The lowest BCUT2D eigenvalue weighted by atomic mass is 9.77. The van der Waals surface area contributed by atoms with Crippen LogP contribution >= 0.6 is 22.6 Å². The van der Waals surface area contributed by atoms with Gasteiger partial charge in [0.25, 0.3) is 0 Å². The standard InChI is InChI=1S/C10H17I/c1-6-7(2)10-4-8(6)3-9(10)5-11/h6-10H,3-5H2,1-2H3. The predicted molar refractivity (Wildman–Crippen MR) is 56.9 cm³/mol. The van der Waals surface area contributed by atoms with Crippen LogP contribution in [0.2, 0.25) is 0 Å². The first-order valence-corrected chi connectivity index (χ1v) is 6.32. The zero-order chi connectivity index (χ0) is 8.01. The lowest BCUT2D eigenvalue weighted by Crippen LogP contribution is -2.24. The molecule has 2 fully saturated rings. The summed E-state index contributed by atoms with van der Waals surface area (Å²) in [6.45, 7) is 4.92. The van der Waals surface area contributed by atoms with Gasteiger partial charge in [-0.25, -0.2) is 0 Å². The van der Waals surface area contributed by atoms with E-state index in [2.05, 4.69) is 36.4 Å². The van der Waals surface area contributed by atoms with Crippen LogP contribution in [0, 0.1) is 29.6 Å². The number of alkyl halides is 1. The molecule has 2 bridgehead atoms. The van der Waals surface area contributed by atoms with Gasteiger partial charge < -0.3 is 0 Å². The Morgan fingerprint density at radius 3 is 2.36 bits per heavy atom. The highest BCUT2D eigenvalue weighted by Crippen LogP contribution is 2.55. The van der Waals surface area contributed by atoms with Crippen molar-refractivity contribution in [2.45, 2.75) is 26.7 Å². The molecule has 0 aromatic carbocycles. The minimum absolute atomic E-state index is 1.02. The molecular weight excluding hydrogens is 247 g/mol. The van der Waals surface area contributed by atoms with Crippen LogP contribution in [-0.4, -0.2) is 4.43 Å². The first kappa shape index (κ1) is 8.33. The van der Waals surface area contributed by atoms with Crippen LogP contribution in [-0.2, 0) is 0 Å². The Bertz CT molecular complexity index is 149. The molecule has 2 aliphatic rings. The quantitative estimate of drug-likeness (QED) is 0.503. The highest BCUT2D eigenvalue weighted by molar-refractivity contribution is 14.1. The van der Waals surface area contributed by atoms with Crippen LogP contribution in [0.4, 0.5) is 0 Å². The van der Waals surface area contributed by atoms with Gasteiger partial charge in [0.15, 0.2) is 0 Å². The van der Waals surface area contributed by atoms with Crippen LogP contribution in [0.15, 0.2) is 0 Å². The summed E-state index contributed by atoms with van der Waals surface area (Å²) in [7, 11) is 0. The maximum Gasteiger partial charge on any atom is 0.00265 e. The van der Waals surface area contributed by atoms with Gasteiger partial charge in [-0.1, -0.05) is 36.4 Å². The summed E-state index contributed by atoms with van der Waals surface area (Å²) in [5, 5.41) is 0. The molecule has 0 aromatic heterocycles. The monoisotopic (exact) mass is 264 g/mol. The maximum absolute atomic E-state index is 2.57. The summed E-state index contributed by atoms with van der Waals surface area (Å²) in [5.74, 6) is 5.31. The van der Waals surface area contributed by atoms with E-state index in [0.29, 0.717) is 0 Å². The van der Waals surface area contributed by atoms with Crippen molar-refractivity contribution in [2.24, 2.45) is 29.6 Å². The molecule has 11 heavy (non-hydrogen) atoms. The van der Waals surface area contributed by atoms with E-state index in [1.165, 1.54) is 4.43 Å². The van der Waals surface area contributed by atoms with E-state index in [1.54, 1.807) is 12.8 Å². The highest BCUT2D eigenvalue weighted by Gasteiger charge is 2.47. The molecule has 5 atom stereocenters. The zero-order valence-electron chi connectivity index (χ0n) is 7.39. The Labute approximate surface area is 83.3 Å². The van der Waals surface area contributed by atoms with Crippen molar-refractivity contribution >= 4 is 22.6 Å². The average Bonchev–Trinajstić information content (AvgIpc) is 2.53. The fourth-order valence-corrected chi connectivity index (χ4v) is 4.28. The van der Waals surface area contributed by atoms with E-state index < -0.39 is 0 Å². The molecule has 0 heterocycles. The van der Waals surface area contributed by atoms with Crippen LogP contribution in [0.1, 0.15) is 26.7 Å². The van der Waals surface area contributed by atoms with E-state index in [1.807, 2.05) is 0 Å². The normalized spacial score (nSPS) is 55.4. The van der Waals surface area contributed by atoms with Crippen LogP contribution in [0.25, 0.3) is 0 Å². The number of hydrogen-bond acceptors (Lipinski definition) is 0. The fourth-order valence-electron chi connectivity index (χ4n) is 3.27. The van der Waals surface area contributed by atoms with Gasteiger partial charge in [0.05, 0.1) is 0 Å². The highest BCUT2D eigenvalue weighted by atomic mass is 127. The molecule has 2 rings (SSSR count). The third-order valence-electron chi connectivity index (χ3n) is 4.23. The van der Waals surface area contributed by atoms with E-state index in [-0.39, 0.29) is 0 Å². The predicted octanol–water partition coefficient (Wildman–Crippen LogP) is 3.35. The Kier molecular flexibility index (Phi) is 2.19. The van der Waals surface area contributed by atoms with E-state index >= 15 is 0 Å². The maximum atomic E-state index is 2.57. The zero-order valence-corrected chi connectivity index (χ0v) is 9.54. The second-order valence-corrected chi connectivity index (χ2v) is 5.41. The number of halogens is 1. The topological polar surface area (TPSA) is 0 Å². The third-order valence-corrected chi connectivity index (χ3v) is 5.36. The third kappa shape index (κ3) is 1.14. The van der Waals surface area contributed by atoms with Gasteiger partial charge in [-0.3, -0.25) is 0 Å². The molecule has 0 radical (unpaired) electrons. The molecule has 0 spiro atoms. The Balaban J connectivity index is 2.10. The Morgan fingerprint density at radius 1 is 1.18 bits per heavy atom. The second-order valence-electron chi connectivity index (χ2n) is 4.53. The van der Waals surface area contributed by atoms with Crippen LogP contribution in [0.5, 0.6) is 0 Å². The van der Waals surface area contributed by atoms with Gasteiger partial charge >= 0.3 is 0 Å². The lowest BCUT2D eigenvalue weighted by molar-refractivity contribution is 0.206. The molecule has 2 saturated carbocycles. The van der Waals surface area contributed by atoms with Crippen molar-refractivity contribution in [3.63, 3.8) is 0 Å². The SMILES string of the molecule is CC1C2CC(CI)C(C2)C1C. The van der Waals surface area contributed by atoms with E-state index in [4.69, 9.17) is 0 Å². The molecular formula is C10H17I. The Hall–Kier alpha value is 0.730. The van der Waals surface area contributed by atoms with Crippen molar-refractivity contribution < 1.29 is 0 Å². The van der Waals surface area contributed by atoms with Crippen molar-refractivity contribution in [1.29, 1.82) is 0 Å². The summed E-state index contributed by atoms with van der Waals surface area (Å²) < 4.78 is 1.40. The molecule has 0 aromatic rings. The number of hydrogen-bond donors (Lipinski definition) is 0. The fraction of sp³-hybridized carbons (Fsp3) is 1.00. The van der Waals surface area contributed by atoms with E-state index in [9.17, 15) is 0 Å². The summed E-state index contributed by atoms with van der Waals surface area (Å²) >= 11 is 2.57. The lowest BCUT2D eigenvalue weighted by Gasteiger charge is -2.30. The van der Waals surface area contributed by atoms with E-state index in [0.717, 1.165) is 29.6 Å². The summed E-state index contributed by atoms with van der Waals surface area (Å²) in [6.07, 6.45) is 3.09. The molecule has 2 aliphatic carbocycles. The van der Waals surface area contributed by atoms with Crippen molar-refractivity contribution in [3.8, 4) is 0 Å². The largest absolute Gasteiger partial charge is 0.0861 e.